The first-order valence-corrected chi connectivity index (χ1v) is 5.38. The SMILES string of the molecule is O=C(O)NC1CC(=O)N(c2cccc([N+](=O)[O-])n2)C1. The zero-order chi connectivity index (χ0) is 14.0. The molecule has 0 aliphatic carbocycles. The number of nitrogens with one attached hydrogen (secondary N) is 1. The number of amides is 2. The molecule has 0 saturated carbocycles. The number of hydrogen-bond donors (Lipinski definition) is 2. The van der Waals surface area contributed by atoms with Crippen LogP contribution >= 0.6 is 0 Å². The second kappa shape index (κ2) is 4.88. The molecule has 1 aliphatic rings. The zero-order valence-electron chi connectivity index (χ0n) is 9.65. The molecule has 1 aliphatic heterocycles. The molecule has 2 amide bonds. The average molecular weight is 266 g/mol. The topological polar surface area (TPSA) is 126 Å². The summed E-state index contributed by atoms with van der Waals surface area (Å²) in [6.07, 6.45) is -1.21. The predicted molar refractivity (Wildman–Crippen MR) is 62.8 cm³/mol. The predicted octanol–water partition coefficient (Wildman–Crippen LogP) is 0.363. The van der Waals surface area contributed by atoms with Gasteiger partial charge in [-0.15, -0.1) is 0 Å². The van der Waals surface area contributed by atoms with Gasteiger partial charge in [-0.1, -0.05) is 0 Å². The number of hydrogen-bond acceptors (Lipinski definition) is 5. The van der Waals surface area contributed by atoms with Gasteiger partial charge in [0.25, 0.3) is 0 Å². The molecule has 0 aromatic carbocycles. The van der Waals surface area contributed by atoms with Crippen molar-refractivity contribution in [1.82, 2.24) is 10.3 Å². The molecule has 1 aromatic heterocycles. The van der Waals surface area contributed by atoms with E-state index in [9.17, 15) is 19.7 Å². The largest absolute Gasteiger partial charge is 0.465 e. The van der Waals surface area contributed by atoms with Gasteiger partial charge in [0.2, 0.25) is 11.7 Å². The van der Waals surface area contributed by atoms with Crippen molar-refractivity contribution in [3.05, 3.63) is 28.3 Å². The minimum atomic E-state index is -1.22. The number of carbonyl (C=O) groups excluding carboxylic acids is 1. The Balaban J connectivity index is 2.18. The summed E-state index contributed by atoms with van der Waals surface area (Å²) in [6.45, 7) is 0.110. The van der Waals surface area contributed by atoms with E-state index in [0.29, 0.717) is 0 Å². The van der Waals surface area contributed by atoms with Gasteiger partial charge in [-0.3, -0.25) is 9.69 Å². The van der Waals surface area contributed by atoms with Gasteiger partial charge >= 0.3 is 11.9 Å². The van der Waals surface area contributed by atoms with E-state index in [-0.39, 0.29) is 30.5 Å². The van der Waals surface area contributed by atoms with Crippen LogP contribution in [-0.2, 0) is 4.79 Å². The van der Waals surface area contributed by atoms with Crippen LogP contribution in [-0.4, -0.2) is 39.6 Å². The van der Waals surface area contributed by atoms with Crippen LogP contribution < -0.4 is 10.2 Å². The lowest BCUT2D eigenvalue weighted by Gasteiger charge is -2.12. The quantitative estimate of drug-likeness (QED) is 0.601. The van der Waals surface area contributed by atoms with Crippen molar-refractivity contribution in [1.29, 1.82) is 0 Å². The number of nitro groups is 1. The Labute approximate surface area is 107 Å². The first-order chi connectivity index (χ1) is 8.97. The summed E-state index contributed by atoms with van der Waals surface area (Å²) >= 11 is 0. The Morgan fingerprint density at radius 3 is 2.95 bits per heavy atom. The Morgan fingerprint density at radius 1 is 1.58 bits per heavy atom. The van der Waals surface area contributed by atoms with Crippen LogP contribution in [0.1, 0.15) is 6.42 Å². The van der Waals surface area contributed by atoms with Crippen molar-refractivity contribution in [2.75, 3.05) is 11.4 Å². The Kier molecular flexibility index (Phi) is 3.27. The number of pyridine rings is 1. The molecule has 1 atom stereocenters. The van der Waals surface area contributed by atoms with Crippen molar-refractivity contribution < 1.29 is 19.6 Å². The summed E-state index contributed by atoms with van der Waals surface area (Å²) in [5.41, 5.74) is 0. The molecule has 2 N–H and O–H groups in total. The molecular formula is C10H10N4O5. The second-order valence-corrected chi connectivity index (χ2v) is 3.97. The first-order valence-electron chi connectivity index (χ1n) is 5.38. The fourth-order valence-electron chi connectivity index (χ4n) is 1.86. The number of rotatable bonds is 3. The summed E-state index contributed by atoms with van der Waals surface area (Å²) in [4.78, 5) is 37.2. The van der Waals surface area contributed by atoms with Gasteiger partial charge in [0.05, 0.1) is 12.6 Å². The summed E-state index contributed by atoms with van der Waals surface area (Å²) < 4.78 is 0. The molecule has 1 aromatic rings. The number of carbonyl (C=O) groups is 2. The minimum absolute atomic E-state index is 0.0106. The molecule has 0 radical (unpaired) electrons. The van der Waals surface area contributed by atoms with Crippen molar-refractivity contribution in [2.45, 2.75) is 12.5 Å². The minimum Gasteiger partial charge on any atom is -0.465 e. The third-order valence-electron chi connectivity index (χ3n) is 2.64. The molecular weight excluding hydrogens is 256 g/mol. The molecule has 2 rings (SSSR count). The van der Waals surface area contributed by atoms with E-state index in [0.717, 1.165) is 0 Å². The lowest BCUT2D eigenvalue weighted by molar-refractivity contribution is -0.389. The molecule has 100 valence electrons. The van der Waals surface area contributed by atoms with Gasteiger partial charge in [-0.2, -0.15) is 0 Å². The highest BCUT2D eigenvalue weighted by molar-refractivity contribution is 5.95. The van der Waals surface area contributed by atoms with Crippen molar-refractivity contribution in [3.63, 3.8) is 0 Å². The van der Waals surface area contributed by atoms with Crippen molar-refractivity contribution in [2.24, 2.45) is 0 Å². The van der Waals surface area contributed by atoms with E-state index in [1.54, 1.807) is 0 Å². The van der Waals surface area contributed by atoms with Crippen LogP contribution in [0, 0.1) is 10.1 Å². The standard InChI is InChI=1S/C10H10N4O5/c15-9-4-6(11-10(16)17)5-13(9)7-2-1-3-8(12-7)14(18)19/h1-3,6,11H,4-5H2,(H,16,17). The van der Waals surface area contributed by atoms with Gasteiger partial charge in [0, 0.05) is 18.6 Å². The van der Waals surface area contributed by atoms with Crippen LogP contribution in [0.15, 0.2) is 18.2 Å². The maximum Gasteiger partial charge on any atom is 0.404 e. The normalized spacial score (nSPS) is 18.4. The maximum atomic E-state index is 11.7. The molecule has 2 heterocycles. The fraction of sp³-hybridized carbons (Fsp3) is 0.300. The zero-order valence-corrected chi connectivity index (χ0v) is 9.65. The Morgan fingerprint density at radius 2 is 2.32 bits per heavy atom. The van der Waals surface area contributed by atoms with Gasteiger partial charge < -0.3 is 20.5 Å². The van der Waals surface area contributed by atoms with Crippen LogP contribution in [0.4, 0.5) is 16.4 Å². The van der Waals surface area contributed by atoms with E-state index in [1.807, 2.05) is 0 Å². The first kappa shape index (κ1) is 12.7. The van der Waals surface area contributed by atoms with E-state index in [4.69, 9.17) is 5.11 Å². The third-order valence-corrected chi connectivity index (χ3v) is 2.64. The van der Waals surface area contributed by atoms with Gasteiger partial charge in [0.15, 0.2) is 0 Å². The number of aromatic nitrogens is 1. The highest BCUT2D eigenvalue weighted by Crippen LogP contribution is 2.21. The molecule has 9 nitrogen and oxygen atoms in total. The van der Waals surface area contributed by atoms with Crippen LogP contribution in [0.5, 0.6) is 0 Å². The maximum absolute atomic E-state index is 11.7. The summed E-state index contributed by atoms with van der Waals surface area (Å²) in [7, 11) is 0. The summed E-state index contributed by atoms with van der Waals surface area (Å²) in [5.74, 6) is -0.541. The van der Waals surface area contributed by atoms with Crippen LogP contribution in [0.25, 0.3) is 0 Å². The molecule has 19 heavy (non-hydrogen) atoms. The second-order valence-electron chi connectivity index (χ2n) is 3.97. The van der Waals surface area contributed by atoms with E-state index >= 15 is 0 Å². The molecule has 1 unspecified atom stereocenters. The van der Waals surface area contributed by atoms with E-state index < -0.39 is 17.1 Å². The highest BCUT2D eigenvalue weighted by atomic mass is 16.6. The Bertz CT molecular complexity index is 546. The number of nitrogens with zero attached hydrogens (tertiary/aromatic N) is 3. The van der Waals surface area contributed by atoms with Crippen molar-refractivity contribution >= 4 is 23.6 Å². The lowest BCUT2D eigenvalue weighted by Crippen LogP contribution is -2.36. The van der Waals surface area contributed by atoms with Gasteiger partial charge in [-0.05, 0) is 16.0 Å². The van der Waals surface area contributed by atoms with Crippen LogP contribution in [0.3, 0.4) is 0 Å². The van der Waals surface area contributed by atoms with E-state index in [1.165, 1.54) is 23.1 Å². The molecule has 0 spiro atoms. The summed E-state index contributed by atoms with van der Waals surface area (Å²) in [5, 5.41) is 21.4. The van der Waals surface area contributed by atoms with E-state index in [2.05, 4.69) is 10.3 Å². The fourth-order valence-corrected chi connectivity index (χ4v) is 1.86. The number of anilines is 1. The summed E-state index contributed by atoms with van der Waals surface area (Å²) in [6, 6.07) is 3.57. The lowest BCUT2D eigenvalue weighted by atomic mass is 10.3. The van der Waals surface area contributed by atoms with Gasteiger partial charge in [0.1, 0.15) is 0 Å². The van der Waals surface area contributed by atoms with Crippen LogP contribution in [0.2, 0.25) is 0 Å². The highest BCUT2D eigenvalue weighted by Gasteiger charge is 2.34. The third kappa shape index (κ3) is 2.76. The molecule has 0 bridgehead atoms. The molecule has 1 fully saturated rings. The van der Waals surface area contributed by atoms with Crippen molar-refractivity contribution in [3.8, 4) is 0 Å². The molecule has 9 heteroatoms. The molecule has 1 saturated heterocycles. The Hall–Kier alpha value is -2.71. The smallest absolute Gasteiger partial charge is 0.404 e. The number of carboxylic acid groups (broad SMARTS) is 1. The monoisotopic (exact) mass is 266 g/mol. The average Bonchev–Trinajstić information content (AvgIpc) is 2.69. The van der Waals surface area contributed by atoms with Gasteiger partial charge in [-0.25, -0.2) is 4.79 Å².